The Morgan fingerprint density at radius 1 is 1.39 bits per heavy atom. The van der Waals surface area contributed by atoms with Gasteiger partial charge in [-0.3, -0.25) is 4.79 Å². The standard InChI is InChI=1S/C12H14N4OS/c17-10-9-2-1-5-14-11(9)18-12(16-10)15-8-3-6-13-7-4-8/h1-2,5,8,13H,3-4,6-7H2,(H,15,16,17). The zero-order valence-electron chi connectivity index (χ0n) is 9.85. The maximum absolute atomic E-state index is 11.8. The van der Waals surface area contributed by atoms with E-state index >= 15 is 0 Å². The molecule has 18 heavy (non-hydrogen) atoms. The quantitative estimate of drug-likeness (QED) is 0.851. The van der Waals surface area contributed by atoms with Gasteiger partial charge >= 0.3 is 0 Å². The summed E-state index contributed by atoms with van der Waals surface area (Å²) in [6.07, 6.45) is 3.82. The third-order valence-corrected chi connectivity index (χ3v) is 3.99. The van der Waals surface area contributed by atoms with Gasteiger partial charge in [-0.1, -0.05) is 11.3 Å². The molecule has 2 N–H and O–H groups in total. The molecule has 1 aliphatic heterocycles. The van der Waals surface area contributed by atoms with Gasteiger partial charge in [-0.2, -0.15) is 4.98 Å². The molecule has 1 fully saturated rings. The molecule has 0 spiro atoms. The number of pyridine rings is 1. The number of fused-ring (bicyclic) bond motifs is 1. The Kier molecular flexibility index (Phi) is 3.21. The molecule has 0 aliphatic carbocycles. The number of hydrogen-bond acceptors (Lipinski definition) is 6. The lowest BCUT2D eigenvalue weighted by atomic mass is 10.1. The first-order valence-electron chi connectivity index (χ1n) is 6.06. The Morgan fingerprint density at radius 2 is 2.22 bits per heavy atom. The predicted octanol–water partition coefficient (Wildman–Crippen LogP) is 1.22. The Labute approximate surface area is 108 Å². The third kappa shape index (κ3) is 2.34. The van der Waals surface area contributed by atoms with Crippen LogP contribution in [-0.2, 0) is 0 Å². The summed E-state index contributed by atoms with van der Waals surface area (Å²) in [5, 5.41) is 7.93. The minimum absolute atomic E-state index is 0.201. The van der Waals surface area contributed by atoms with Crippen LogP contribution in [0.1, 0.15) is 12.8 Å². The van der Waals surface area contributed by atoms with Crippen LogP contribution in [0.4, 0.5) is 5.13 Å². The van der Waals surface area contributed by atoms with Gasteiger partial charge in [0, 0.05) is 12.2 Å². The Bertz CT molecular complexity index is 606. The van der Waals surface area contributed by atoms with Crippen LogP contribution in [0.5, 0.6) is 0 Å². The van der Waals surface area contributed by atoms with Crippen LogP contribution < -0.4 is 16.2 Å². The van der Waals surface area contributed by atoms with Crippen molar-refractivity contribution in [1.82, 2.24) is 15.3 Å². The summed E-state index contributed by atoms with van der Waals surface area (Å²) in [4.78, 5) is 20.9. The second-order valence-corrected chi connectivity index (χ2v) is 5.33. The Balaban J connectivity index is 1.90. The lowest BCUT2D eigenvalue weighted by Crippen LogP contribution is -2.35. The second kappa shape index (κ2) is 4.99. The largest absolute Gasteiger partial charge is 0.359 e. The topological polar surface area (TPSA) is 66.9 Å². The lowest BCUT2D eigenvalue weighted by Gasteiger charge is -2.23. The first kappa shape index (κ1) is 11.6. The first-order valence-corrected chi connectivity index (χ1v) is 6.88. The average Bonchev–Trinajstić information content (AvgIpc) is 2.40. The number of nitrogens with one attached hydrogen (secondary N) is 2. The van der Waals surface area contributed by atoms with Crippen molar-refractivity contribution < 1.29 is 0 Å². The van der Waals surface area contributed by atoms with Gasteiger partial charge in [0.1, 0.15) is 4.83 Å². The molecule has 0 saturated carbocycles. The van der Waals surface area contributed by atoms with Crippen LogP contribution in [0.2, 0.25) is 0 Å². The van der Waals surface area contributed by atoms with E-state index in [4.69, 9.17) is 0 Å². The second-order valence-electron chi connectivity index (χ2n) is 4.35. The molecule has 2 aromatic rings. The molecule has 1 aliphatic rings. The first-order chi connectivity index (χ1) is 8.83. The van der Waals surface area contributed by atoms with Gasteiger partial charge in [-0.25, -0.2) is 4.98 Å². The van der Waals surface area contributed by atoms with E-state index in [0.717, 1.165) is 30.8 Å². The molecular formula is C12H14N4OS. The molecule has 1 saturated heterocycles. The maximum atomic E-state index is 11.8. The van der Waals surface area contributed by atoms with Crippen molar-refractivity contribution in [3.8, 4) is 0 Å². The van der Waals surface area contributed by atoms with E-state index in [9.17, 15) is 4.79 Å². The summed E-state index contributed by atoms with van der Waals surface area (Å²) in [5.74, 6) is 0. The summed E-state index contributed by atoms with van der Waals surface area (Å²) < 4.78 is 0. The summed E-state index contributed by atoms with van der Waals surface area (Å²) in [7, 11) is 0. The van der Waals surface area contributed by atoms with E-state index in [1.54, 1.807) is 18.3 Å². The third-order valence-electron chi connectivity index (χ3n) is 3.06. The number of hydrogen-bond donors (Lipinski definition) is 2. The van der Waals surface area contributed by atoms with Gasteiger partial charge < -0.3 is 10.6 Å². The lowest BCUT2D eigenvalue weighted by molar-refractivity contribution is 0.479. The van der Waals surface area contributed by atoms with Crippen LogP contribution in [0.3, 0.4) is 0 Å². The summed E-state index contributed by atoms with van der Waals surface area (Å²) in [6, 6.07) is 3.93. The molecule has 3 heterocycles. The van der Waals surface area contributed by atoms with E-state index in [1.807, 2.05) is 0 Å². The highest BCUT2D eigenvalue weighted by atomic mass is 32.1. The van der Waals surface area contributed by atoms with Crippen molar-refractivity contribution in [1.29, 1.82) is 0 Å². The molecule has 94 valence electrons. The van der Waals surface area contributed by atoms with E-state index < -0.39 is 0 Å². The number of rotatable bonds is 2. The van der Waals surface area contributed by atoms with Crippen LogP contribution in [0.15, 0.2) is 23.1 Å². The fourth-order valence-electron chi connectivity index (χ4n) is 2.10. The van der Waals surface area contributed by atoms with Gasteiger partial charge in [0.15, 0.2) is 5.13 Å². The molecule has 5 nitrogen and oxygen atoms in total. The minimum Gasteiger partial charge on any atom is -0.359 e. The van der Waals surface area contributed by atoms with Gasteiger partial charge in [0.05, 0.1) is 5.39 Å². The molecule has 3 rings (SSSR count). The van der Waals surface area contributed by atoms with E-state index in [0.29, 0.717) is 16.6 Å². The normalized spacial score (nSPS) is 16.9. The van der Waals surface area contributed by atoms with Crippen molar-refractivity contribution in [2.45, 2.75) is 18.9 Å². The number of piperidine rings is 1. The zero-order valence-corrected chi connectivity index (χ0v) is 10.7. The van der Waals surface area contributed by atoms with Crippen LogP contribution >= 0.6 is 11.3 Å². The monoisotopic (exact) mass is 262 g/mol. The molecule has 0 aromatic carbocycles. The molecule has 0 amide bonds. The van der Waals surface area contributed by atoms with Gasteiger partial charge in [-0.05, 0) is 38.1 Å². The summed E-state index contributed by atoms with van der Waals surface area (Å²) in [5.41, 5.74) is -0.201. The van der Waals surface area contributed by atoms with E-state index in [-0.39, 0.29) is 5.56 Å². The molecule has 0 atom stereocenters. The number of anilines is 1. The highest BCUT2D eigenvalue weighted by molar-refractivity contribution is 7.21. The van der Waals surface area contributed by atoms with Crippen molar-refractivity contribution in [2.75, 3.05) is 18.4 Å². The number of nitrogens with zero attached hydrogens (tertiary/aromatic N) is 2. The van der Waals surface area contributed by atoms with Crippen molar-refractivity contribution >= 4 is 26.7 Å². The maximum Gasteiger partial charge on any atom is 0.282 e. The molecular weight excluding hydrogens is 248 g/mol. The molecule has 6 heteroatoms. The average molecular weight is 262 g/mol. The number of aromatic nitrogens is 2. The van der Waals surface area contributed by atoms with E-state index in [2.05, 4.69) is 20.6 Å². The van der Waals surface area contributed by atoms with E-state index in [1.165, 1.54) is 11.3 Å². The van der Waals surface area contributed by atoms with Gasteiger partial charge in [-0.15, -0.1) is 0 Å². The van der Waals surface area contributed by atoms with Crippen LogP contribution in [0.25, 0.3) is 10.2 Å². The van der Waals surface area contributed by atoms with Crippen LogP contribution in [-0.4, -0.2) is 29.1 Å². The fourth-order valence-corrected chi connectivity index (χ4v) is 3.02. The Morgan fingerprint density at radius 3 is 3.06 bits per heavy atom. The fraction of sp³-hybridized carbons (Fsp3) is 0.417. The summed E-state index contributed by atoms with van der Waals surface area (Å²) in [6.45, 7) is 2.02. The van der Waals surface area contributed by atoms with Gasteiger partial charge in [0.2, 0.25) is 0 Å². The van der Waals surface area contributed by atoms with Gasteiger partial charge in [0.25, 0.3) is 5.56 Å². The molecule has 0 bridgehead atoms. The minimum atomic E-state index is -0.201. The summed E-state index contributed by atoms with van der Waals surface area (Å²) >= 11 is 1.44. The van der Waals surface area contributed by atoms with Crippen molar-refractivity contribution in [3.05, 3.63) is 28.7 Å². The predicted molar refractivity (Wildman–Crippen MR) is 73.2 cm³/mol. The van der Waals surface area contributed by atoms with Crippen molar-refractivity contribution in [2.24, 2.45) is 0 Å². The van der Waals surface area contributed by atoms with Crippen LogP contribution in [0, 0.1) is 0 Å². The highest BCUT2D eigenvalue weighted by Gasteiger charge is 2.14. The molecule has 0 unspecified atom stereocenters. The SMILES string of the molecule is O=c1nc(NC2CCNCC2)sc2ncccc12. The smallest absolute Gasteiger partial charge is 0.282 e. The molecule has 2 aromatic heterocycles. The highest BCUT2D eigenvalue weighted by Crippen LogP contribution is 2.20. The molecule has 0 radical (unpaired) electrons. The van der Waals surface area contributed by atoms with Crippen molar-refractivity contribution in [3.63, 3.8) is 0 Å². The Hall–Kier alpha value is -1.53. The zero-order chi connectivity index (χ0) is 12.4.